The van der Waals surface area contributed by atoms with Gasteiger partial charge in [-0.1, -0.05) is 113 Å². The first kappa shape index (κ1) is 31.7. The molecular formula is C41H42O4. The molecule has 0 aliphatic carbocycles. The molecule has 0 amide bonds. The van der Waals surface area contributed by atoms with E-state index in [9.17, 15) is 9.59 Å². The Morgan fingerprint density at radius 1 is 0.578 bits per heavy atom. The van der Waals surface area contributed by atoms with Crippen LogP contribution in [0.3, 0.4) is 0 Å². The summed E-state index contributed by atoms with van der Waals surface area (Å²) in [5.41, 5.74) is 2.16. The van der Waals surface area contributed by atoms with E-state index in [1.165, 1.54) is 55.8 Å². The van der Waals surface area contributed by atoms with Crippen molar-refractivity contribution in [3.05, 3.63) is 120 Å². The zero-order valence-corrected chi connectivity index (χ0v) is 26.9. The molecule has 1 N–H and O–H groups in total. The second-order valence-corrected chi connectivity index (χ2v) is 13.3. The summed E-state index contributed by atoms with van der Waals surface area (Å²) in [6.07, 6.45) is 2.20. The predicted molar refractivity (Wildman–Crippen MR) is 187 cm³/mol. The zero-order chi connectivity index (χ0) is 32.2. The number of carboxylic acids is 1. The van der Waals surface area contributed by atoms with E-state index in [-0.39, 0.29) is 23.2 Å². The van der Waals surface area contributed by atoms with Gasteiger partial charge in [-0.15, -0.1) is 0 Å². The topological polar surface area (TPSA) is 63.6 Å². The van der Waals surface area contributed by atoms with Crippen molar-refractivity contribution in [1.29, 1.82) is 0 Å². The van der Waals surface area contributed by atoms with Gasteiger partial charge in [0.1, 0.15) is 0 Å². The van der Waals surface area contributed by atoms with E-state index in [1.54, 1.807) is 0 Å². The van der Waals surface area contributed by atoms with E-state index in [4.69, 9.17) is 9.84 Å². The van der Waals surface area contributed by atoms with Crippen LogP contribution in [0.25, 0.3) is 43.1 Å². The van der Waals surface area contributed by atoms with Crippen LogP contribution in [0.4, 0.5) is 0 Å². The molecule has 45 heavy (non-hydrogen) atoms. The first-order valence-corrected chi connectivity index (χ1v) is 15.6. The number of aliphatic carboxylic acids is 1. The molecular weight excluding hydrogens is 556 g/mol. The summed E-state index contributed by atoms with van der Waals surface area (Å²) in [4.78, 5) is 22.3. The largest absolute Gasteiger partial charge is 0.481 e. The lowest BCUT2D eigenvalue weighted by molar-refractivity contribution is -0.142. The van der Waals surface area contributed by atoms with Crippen LogP contribution >= 0.6 is 0 Å². The summed E-state index contributed by atoms with van der Waals surface area (Å²) < 4.78 is 4.81. The first-order chi connectivity index (χ1) is 21.4. The molecule has 0 spiro atoms. The van der Waals surface area contributed by atoms with Crippen molar-refractivity contribution < 1.29 is 19.4 Å². The molecule has 4 heteroatoms. The zero-order valence-electron chi connectivity index (χ0n) is 26.9. The minimum atomic E-state index is -0.717. The second-order valence-electron chi connectivity index (χ2n) is 13.3. The number of esters is 1. The molecule has 6 aromatic rings. The molecule has 0 bridgehead atoms. The second kappa shape index (κ2) is 13.1. The molecule has 0 saturated carbocycles. The summed E-state index contributed by atoms with van der Waals surface area (Å²) in [6, 6.07) is 38.7. The number of fused-ring (bicyclic) bond motifs is 4. The van der Waals surface area contributed by atoms with Crippen LogP contribution in [-0.4, -0.2) is 24.2 Å². The molecule has 4 nitrogen and oxygen atoms in total. The minimum absolute atomic E-state index is 0.0186. The van der Waals surface area contributed by atoms with E-state index >= 15 is 0 Å². The van der Waals surface area contributed by atoms with E-state index in [0.717, 1.165) is 12.0 Å². The average Bonchev–Trinajstić information content (AvgIpc) is 3.02. The highest BCUT2D eigenvalue weighted by Gasteiger charge is 2.25. The number of benzene rings is 6. The van der Waals surface area contributed by atoms with Crippen LogP contribution < -0.4 is 0 Å². The average molecular weight is 599 g/mol. The lowest BCUT2D eigenvalue weighted by atomic mass is 9.79. The van der Waals surface area contributed by atoms with Gasteiger partial charge < -0.3 is 9.84 Å². The number of carboxylic acid groups (broad SMARTS) is 1. The number of carbonyl (C=O) groups excluding carboxylic acids is 1. The highest BCUT2D eigenvalue weighted by Crippen LogP contribution is 2.33. The molecule has 0 aromatic heterocycles. The molecule has 230 valence electrons. The number of hydrogen-bond acceptors (Lipinski definition) is 3. The van der Waals surface area contributed by atoms with Gasteiger partial charge in [0.05, 0.1) is 13.5 Å². The summed E-state index contributed by atoms with van der Waals surface area (Å²) in [6.45, 7) is 8.53. The normalized spacial score (nSPS) is 11.8. The number of rotatable bonds is 8. The number of carbonyl (C=O) groups is 2. The summed E-state index contributed by atoms with van der Waals surface area (Å²) in [5.74, 6) is -0.894. The molecule has 6 rings (SSSR count). The fourth-order valence-corrected chi connectivity index (χ4v) is 6.08. The van der Waals surface area contributed by atoms with Crippen molar-refractivity contribution in [2.45, 2.75) is 64.2 Å². The third-order valence-electron chi connectivity index (χ3n) is 8.98. The Bertz CT molecular complexity index is 2000. The van der Waals surface area contributed by atoms with Crippen LogP contribution in [0.2, 0.25) is 0 Å². The van der Waals surface area contributed by atoms with Crippen molar-refractivity contribution in [2.75, 3.05) is 7.11 Å². The van der Waals surface area contributed by atoms with Gasteiger partial charge in [-0.05, 0) is 96.7 Å². The monoisotopic (exact) mass is 598 g/mol. The van der Waals surface area contributed by atoms with Crippen LogP contribution in [0.1, 0.15) is 64.5 Å². The van der Waals surface area contributed by atoms with Crippen LogP contribution in [0.5, 0.6) is 0 Å². The third kappa shape index (κ3) is 7.51. The molecule has 0 unspecified atom stereocenters. The molecule has 0 heterocycles. The summed E-state index contributed by atoms with van der Waals surface area (Å²) in [7, 11) is 1.44. The molecule has 0 atom stereocenters. The fourth-order valence-electron chi connectivity index (χ4n) is 6.08. The van der Waals surface area contributed by atoms with Gasteiger partial charge in [0.25, 0.3) is 0 Å². The Hall–Kier alpha value is -4.70. The lowest BCUT2D eigenvalue weighted by Crippen LogP contribution is -2.22. The highest BCUT2D eigenvalue weighted by molar-refractivity contribution is 5.99. The van der Waals surface area contributed by atoms with Gasteiger partial charge in [-0.25, -0.2) is 0 Å². The Balaban J connectivity index is 0.000000178. The quantitative estimate of drug-likeness (QED) is 0.140. The third-order valence-corrected chi connectivity index (χ3v) is 8.98. The van der Waals surface area contributed by atoms with E-state index in [1.807, 2.05) is 0 Å². The van der Waals surface area contributed by atoms with Gasteiger partial charge in [-0.2, -0.15) is 0 Å². The maximum absolute atomic E-state index is 11.6. The van der Waals surface area contributed by atoms with Gasteiger partial charge in [-0.3, -0.25) is 9.59 Å². The Morgan fingerprint density at radius 2 is 0.978 bits per heavy atom. The standard InChI is InChI=1S/C21H22O2.C20H20O2/c1-21(2,11-5-8-20(22)23)19-10-9-17-12-15-6-3-4-7-16(15)13-18(17)14-19;1-20(2,13-19(21)22-3)18-9-8-16-10-14-6-4-5-7-15(14)11-17(16)12-18/h3-4,6-7,9-10,12-14H,5,8,11H2,1-2H3,(H,22,23);4-12H,13H2,1-3H3. The SMILES string of the molecule is CC(C)(CCCC(=O)O)c1ccc2cc3ccccc3cc2c1.COC(=O)CC(C)(C)c1ccc2cc3ccccc3cc2c1. The van der Waals surface area contributed by atoms with Crippen molar-refractivity contribution in [3.8, 4) is 0 Å². The van der Waals surface area contributed by atoms with E-state index in [0.29, 0.717) is 12.8 Å². The van der Waals surface area contributed by atoms with Crippen LogP contribution in [0, 0.1) is 0 Å². The van der Waals surface area contributed by atoms with Crippen molar-refractivity contribution in [2.24, 2.45) is 0 Å². The van der Waals surface area contributed by atoms with Gasteiger partial charge in [0, 0.05) is 11.8 Å². The van der Waals surface area contributed by atoms with Gasteiger partial charge >= 0.3 is 11.9 Å². The Kier molecular flexibility index (Phi) is 9.24. The van der Waals surface area contributed by atoms with Crippen LogP contribution in [0.15, 0.2) is 109 Å². The Labute approximate surface area is 265 Å². The van der Waals surface area contributed by atoms with Gasteiger partial charge in [0.2, 0.25) is 0 Å². The molecule has 0 aliphatic heterocycles. The maximum atomic E-state index is 11.6. The van der Waals surface area contributed by atoms with E-state index < -0.39 is 5.97 Å². The van der Waals surface area contributed by atoms with Crippen molar-refractivity contribution in [1.82, 2.24) is 0 Å². The molecule has 0 radical (unpaired) electrons. The molecule has 0 aliphatic rings. The lowest BCUT2D eigenvalue weighted by Gasteiger charge is -2.25. The molecule has 6 aromatic carbocycles. The van der Waals surface area contributed by atoms with Gasteiger partial charge in [0.15, 0.2) is 0 Å². The molecule has 0 saturated heterocycles. The number of hydrogen-bond donors (Lipinski definition) is 1. The summed E-state index contributed by atoms with van der Waals surface area (Å²) >= 11 is 0. The Morgan fingerprint density at radius 3 is 1.40 bits per heavy atom. The molecule has 0 fully saturated rings. The minimum Gasteiger partial charge on any atom is -0.481 e. The maximum Gasteiger partial charge on any atom is 0.306 e. The summed E-state index contributed by atoms with van der Waals surface area (Å²) in [5, 5.41) is 18.7. The van der Waals surface area contributed by atoms with E-state index in [2.05, 4.69) is 137 Å². The highest BCUT2D eigenvalue weighted by atomic mass is 16.5. The predicted octanol–water partition coefficient (Wildman–Crippen LogP) is 10.4. The smallest absolute Gasteiger partial charge is 0.306 e. The van der Waals surface area contributed by atoms with Crippen molar-refractivity contribution in [3.63, 3.8) is 0 Å². The fraction of sp³-hybridized carbons (Fsp3) is 0.268. The number of ether oxygens (including phenoxy) is 1. The number of methoxy groups -OCH3 is 1. The van der Waals surface area contributed by atoms with Crippen molar-refractivity contribution >= 4 is 55.0 Å². The first-order valence-electron chi connectivity index (χ1n) is 15.6. The van der Waals surface area contributed by atoms with Crippen LogP contribution in [-0.2, 0) is 25.2 Å².